The molecule has 0 fully saturated rings. The molecule has 0 atom stereocenters. The van der Waals surface area contributed by atoms with Gasteiger partial charge in [0.15, 0.2) is 0 Å². The minimum absolute atomic E-state index is 0. The van der Waals surface area contributed by atoms with Crippen LogP contribution in [0.2, 0.25) is 0 Å². The molecule has 0 amide bonds. The van der Waals surface area contributed by atoms with Crippen LogP contribution in [-0.4, -0.2) is 13.0 Å². The van der Waals surface area contributed by atoms with Crippen molar-refractivity contribution in [1.82, 2.24) is 0 Å². The Kier molecular flexibility index (Phi) is 3.81. The number of aryl methyl sites for hydroxylation is 1. The van der Waals surface area contributed by atoms with Gasteiger partial charge in [0.05, 0.1) is 4.90 Å². The standard InChI is InChI=1S/C5H6O3S2.Li/c1-4-2-5(3-9-4)10(6,7)8;/h2-3H,1H3,(H,6,7,8);/q;+1/p-1. The Balaban J connectivity index is 0.000001000. The number of thiophene rings is 1. The molecule has 0 spiro atoms. The molecule has 0 aliphatic rings. The van der Waals surface area contributed by atoms with E-state index in [1.165, 1.54) is 22.8 Å². The molecule has 1 aromatic rings. The fourth-order valence-electron chi connectivity index (χ4n) is 0.550. The van der Waals surface area contributed by atoms with Gasteiger partial charge in [-0.25, -0.2) is 8.42 Å². The SMILES string of the molecule is Cc1cc(S(=O)(=O)[O-])cs1.[Li+]. The van der Waals surface area contributed by atoms with Crippen LogP contribution < -0.4 is 18.9 Å². The van der Waals surface area contributed by atoms with Crippen molar-refractivity contribution in [2.75, 3.05) is 0 Å². The molecule has 0 saturated carbocycles. The Labute approximate surface area is 81.4 Å². The van der Waals surface area contributed by atoms with Crippen molar-refractivity contribution in [3.8, 4) is 0 Å². The van der Waals surface area contributed by atoms with Gasteiger partial charge in [-0.05, 0) is 13.0 Å². The zero-order valence-electron chi connectivity index (χ0n) is 6.20. The molecule has 56 valence electrons. The van der Waals surface area contributed by atoms with E-state index in [-0.39, 0.29) is 23.8 Å². The molecule has 1 rings (SSSR count). The monoisotopic (exact) mass is 184 g/mol. The molecule has 6 heteroatoms. The van der Waals surface area contributed by atoms with Gasteiger partial charge >= 0.3 is 18.9 Å². The average Bonchev–Trinajstić information content (AvgIpc) is 2.11. The zero-order valence-corrected chi connectivity index (χ0v) is 7.83. The van der Waals surface area contributed by atoms with Gasteiger partial charge in [0, 0.05) is 10.3 Å². The van der Waals surface area contributed by atoms with Crippen LogP contribution in [0.25, 0.3) is 0 Å². The van der Waals surface area contributed by atoms with Gasteiger partial charge in [0.25, 0.3) is 0 Å². The van der Waals surface area contributed by atoms with Crippen molar-refractivity contribution in [1.29, 1.82) is 0 Å². The van der Waals surface area contributed by atoms with E-state index in [1.807, 2.05) is 0 Å². The van der Waals surface area contributed by atoms with E-state index in [2.05, 4.69) is 0 Å². The molecule has 0 radical (unpaired) electrons. The second kappa shape index (κ2) is 3.74. The first kappa shape index (κ1) is 11.2. The summed E-state index contributed by atoms with van der Waals surface area (Å²) in [6.07, 6.45) is 0. The molecule has 0 aliphatic heterocycles. The first-order valence-electron chi connectivity index (χ1n) is 2.51. The van der Waals surface area contributed by atoms with Gasteiger partial charge in [-0.3, -0.25) is 0 Å². The number of hydrogen-bond donors (Lipinski definition) is 0. The fraction of sp³-hybridized carbons (Fsp3) is 0.200. The molecule has 0 unspecified atom stereocenters. The fourth-order valence-corrected chi connectivity index (χ4v) is 2.13. The van der Waals surface area contributed by atoms with Crippen LogP contribution in [0.1, 0.15) is 4.88 Å². The van der Waals surface area contributed by atoms with Crippen molar-refractivity contribution in [3.63, 3.8) is 0 Å². The first-order chi connectivity index (χ1) is 4.50. The maximum absolute atomic E-state index is 10.3. The molecule has 0 N–H and O–H groups in total. The third kappa shape index (κ3) is 2.97. The molecule has 0 bridgehead atoms. The molecule has 0 aliphatic carbocycles. The van der Waals surface area contributed by atoms with Crippen molar-refractivity contribution in [2.24, 2.45) is 0 Å². The predicted molar refractivity (Wildman–Crippen MR) is 37.0 cm³/mol. The molecule has 1 aromatic heterocycles. The van der Waals surface area contributed by atoms with E-state index in [0.29, 0.717) is 0 Å². The molecule has 11 heavy (non-hydrogen) atoms. The Morgan fingerprint density at radius 1 is 1.55 bits per heavy atom. The first-order valence-corrected chi connectivity index (χ1v) is 4.80. The molecule has 0 saturated heterocycles. The van der Waals surface area contributed by atoms with Crippen molar-refractivity contribution < 1.29 is 31.8 Å². The van der Waals surface area contributed by atoms with Crippen LogP contribution in [0.4, 0.5) is 0 Å². The van der Waals surface area contributed by atoms with Gasteiger partial charge in [-0.2, -0.15) is 0 Å². The van der Waals surface area contributed by atoms with Crippen LogP contribution in [0.5, 0.6) is 0 Å². The Bertz CT molecular complexity index is 327. The maximum Gasteiger partial charge on any atom is 1.00 e. The summed E-state index contributed by atoms with van der Waals surface area (Å²) in [4.78, 5) is 0.699. The average molecular weight is 184 g/mol. The minimum Gasteiger partial charge on any atom is -0.744 e. The summed E-state index contributed by atoms with van der Waals surface area (Å²) in [6, 6.07) is 1.37. The van der Waals surface area contributed by atoms with Crippen LogP contribution in [0.3, 0.4) is 0 Å². The summed E-state index contributed by atoms with van der Waals surface area (Å²) in [5.41, 5.74) is 0. The van der Waals surface area contributed by atoms with Crippen molar-refractivity contribution >= 4 is 21.5 Å². The molecular formula is C5H5LiO3S2. The van der Waals surface area contributed by atoms with Gasteiger partial charge in [0.2, 0.25) is 0 Å². The van der Waals surface area contributed by atoms with Crippen LogP contribution in [-0.2, 0) is 10.1 Å². The summed E-state index contributed by atoms with van der Waals surface area (Å²) in [6.45, 7) is 1.75. The minimum atomic E-state index is -4.22. The second-order valence-corrected chi connectivity index (χ2v) is 4.34. The van der Waals surface area contributed by atoms with Crippen molar-refractivity contribution in [3.05, 3.63) is 16.3 Å². The Morgan fingerprint density at radius 2 is 2.09 bits per heavy atom. The molecule has 0 aromatic carbocycles. The van der Waals surface area contributed by atoms with E-state index in [4.69, 9.17) is 0 Å². The summed E-state index contributed by atoms with van der Waals surface area (Å²) >= 11 is 1.25. The Hall–Kier alpha value is 0.207. The number of hydrogen-bond acceptors (Lipinski definition) is 4. The van der Waals surface area contributed by atoms with Crippen LogP contribution >= 0.6 is 11.3 Å². The van der Waals surface area contributed by atoms with Crippen LogP contribution in [0.15, 0.2) is 16.3 Å². The molecule has 1 heterocycles. The quantitative estimate of drug-likeness (QED) is 0.373. The second-order valence-electron chi connectivity index (χ2n) is 1.85. The normalized spacial score (nSPS) is 10.7. The van der Waals surface area contributed by atoms with Gasteiger partial charge in [-0.15, -0.1) is 11.3 Å². The topological polar surface area (TPSA) is 57.2 Å². The van der Waals surface area contributed by atoms with E-state index in [1.54, 1.807) is 6.92 Å². The third-order valence-electron chi connectivity index (χ3n) is 0.995. The summed E-state index contributed by atoms with van der Waals surface area (Å²) in [7, 11) is -4.22. The largest absolute Gasteiger partial charge is 1.00 e. The van der Waals surface area contributed by atoms with E-state index in [0.717, 1.165) is 4.88 Å². The van der Waals surface area contributed by atoms with E-state index >= 15 is 0 Å². The van der Waals surface area contributed by atoms with Gasteiger partial charge < -0.3 is 4.55 Å². The summed E-state index contributed by atoms with van der Waals surface area (Å²) < 4.78 is 30.9. The maximum atomic E-state index is 10.3. The van der Waals surface area contributed by atoms with Gasteiger partial charge in [-0.1, -0.05) is 0 Å². The Morgan fingerprint density at radius 3 is 2.27 bits per heavy atom. The predicted octanol–water partition coefficient (Wildman–Crippen LogP) is -2.04. The third-order valence-corrected chi connectivity index (χ3v) is 2.82. The summed E-state index contributed by atoms with van der Waals surface area (Å²) in [5, 5.41) is 1.34. The smallest absolute Gasteiger partial charge is 0.744 e. The van der Waals surface area contributed by atoms with Crippen LogP contribution in [0, 0.1) is 6.92 Å². The summed E-state index contributed by atoms with van der Waals surface area (Å²) in [5.74, 6) is 0. The molecular weight excluding hydrogens is 179 g/mol. The van der Waals surface area contributed by atoms with Gasteiger partial charge in [0.1, 0.15) is 10.1 Å². The molecule has 3 nitrogen and oxygen atoms in total. The number of rotatable bonds is 1. The van der Waals surface area contributed by atoms with Crippen molar-refractivity contribution in [2.45, 2.75) is 11.8 Å². The van der Waals surface area contributed by atoms with E-state index < -0.39 is 10.1 Å². The zero-order chi connectivity index (χ0) is 7.78. The van der Waals surface area contributed by atoms with E-state index in [9.17, 15) is 13.0 Å².